The van der Waals surface area contributed by atoms with Crippen LogP contribution in [0.15, 0.2) is 42.5 Å². The minimum Gasteiger partial charge on any atom is -0.0622 e. The molecule has 2 aromatic carbocycles. The van der Waals surface area contributed by atoms with E-state index in [2.05, 4.69) is 77.1 Å². The van der Waals surface area contributed by atoms with Gasteiger partial charge in [0.1, 0.15) is 0 Å². The molecule has 2 rings (SSSR count). The molecule has 0 N–H and O–H groups in total. The molecule has 0 aliphatic rings. The third-order valence-electron chi connectivity index (χ3n) is 3.97. The Balaban J connectivity index is 2.75. The van der Waals surface area contributed by atoms with Crippen molar-refractivity contribution in [2.45, 2.75) is 52.9 Å². The van der Waals surface area contributed by atoms with E-state index in [1.807, 2.05) is 0 Å². The molecule has 0 aliphatic carbocycles. The van der Waals surface area contributed by atoms with E-state index in [0.717, 1.165) is 6.42 Å². The Morgan fingerprint density at radius 3 is 1.70 bits per heavy atom. The molecule has 0 nitrogen and oxygen atoms in total. The van der Waals surface area contributed by atoms with E-state index in [-0.39, 0.29) is 0 Å². The molecule has 0 atom stereocenters. The van der Waals surface area contributed by atoms with E-state index in [1.54, 1.807) is 0 Å². The summed E-state index contributed by atoms with van der Waals surface area (Å²) in [5, 5.41) is 0. The van der Waals surface area contributed by atoms with Crippen molar-refractivity contribution in [2.24, 2.45) is 0 Å². The molecular formula is C20H26. The Labute approximate surface area is 123 Å². The molecule has 0 heterocycles. The maximum absolute atomic E-state index is 2.40. The average molecular weight is 266 g/mol. The molecule has 20 heavy (non-hydrogen) atoms. The number of rotatable bonds is 4. The van der Waals surface area contributed by atoms with Crippen molar-refractivity contribution in [1.29, 1.82) is 0 Å². The van der Waals surface area contributed by atoms with Crippen molar-refractivity contribution >= 4 is 0 Å². The molecule has 106 valence electrons. The summed E-state index contributed by atoms with van der Waals surface area (Å²) in [7, 11) is 0. The zero-order valence-corrected chi connectivity index (χ0v) is 13.4. The van der Waals surface area contributed by atoms with Crippen molar-refractivity contribution in [3.05, 3.63) is 59.2 Å². The van der Waals surface area contributed by atoms with Gasteiger partial charge in [-0.2, -0.15) is 0 Å². The van der Waals surface area contributed by atoms with Crippen LogP contribution in [-0.4, -0.2) is 0 Å². The number of benzene rings is 2. The SMILES string of the molecule is CCc1cc(C(C)C)c(-c2ccccc2)c(C(C)C)c1. The summed E-state index contributed by atoms with van der Waals surface area (Å²) in [5.41, 5.74) is 7.23. The van der Waals surface area contributed by atoms with Gasteiger partial charge < -0.3 is 0 Å². The van der Waals surface area contributed by atoms with Gasteiger partial charge in [-0.15, -0.1) is 0 Å². The third-order valence-corrected chi connectivity index (χ3v) is 3.97. The fraction of sp³-hybridized carbons (Fsp3) is 0.400. The summed E-state index contributed by atoms with van der Waals surface area (Å²) in [5.74, 6) is 1.10. The predicted molar refractivity (Wildman–Crippen MR) is 89.4 cm³/mol. The van der Waals surface area contributed by atoms with Crippen LogP contribution in [0.25, 0.3) is 11.1 Å². The smallest absolute Gasteiger partial charge is 0.0114 e. The van der Waals surface area contributed by atoms with Gasteiger partial charge in [-0.25, -0.2) is 0 Å². The van der Waals surface area contributed by atoms with Crippen molar-refractivity contribution in [2.75, 3.05) is 0 Å². The molecule has 0 saturated carbocycles. The lowest BCUT2D eigenvalue weighted by Crippen LogP contribution is -2.02. The standard InChI is InChI=1S/C20H26/c1-6-16-12-18(14(2)3)20(19(13-16)15(4)5)17-10-8-7-9-11-17/h7-15H,6H2,1-5H3. The van der Waals surface area contributed by atoms with Gasteiger partial charge >= 0.3 is 0 Å². The summed E-state index contributed by atoms with van der Waals surface area (Å²) in [6.07, 6.45) is 1.11. The minimum atomic E-state index is 0.550. The Morgan fingerprint density at radius 1 is 0.800 bits per heavy atom. The van der Waals surface area contributed by atoms with Crippen LogP contribution in [0.4, 0.5) is 0 Å². The number of aryl methyl sites for hydroxylation is 1. The first-order chi connectivity index (χ1) is 9.54. The lowest BCUT2D eigenvalue weighted by Gasteiger charge is -2.21. The second-order valence-electron chi connectivity index (χ2n) is 6.18. The van der Waals surface area contributed by atoms with Crippen molar-refractivity contribution in [1.82, 2.24) is 0 Å². The van der Waals surface area contributed by atoms with Crippen LogP contribution >= 0.6 is 0 Å². The molecule has 0 unspecified atom stereocenters. The maximum atomic E-state index is 2.40. The van der Waals surface area contributed by atoms with Gasteiger partial charge in [0.05, 0.1) is 0 Å². The summed E-state index contributed by atoms with van der Waals surface area (Å²) in [4.78, 5) is 0. The van der Waals surface area contributed by atoms with Crippen molar-refractivity contribution in [3.63, 3.8) is 0 Å². The Bertz CT molecular complexity index is 533. The first kappa shape index (κ1) is 14.8. The molecule has 0 bridgehead atoms. The van der Waals surface area contributed by atoms with E-state index in [4.69, 9.17) is 0 Å². The van der Waals surface area contributed by atoms with Gasteiger partial charge in [-0.1, -0.05) is 77.1 Å². The van der Waals surface area contributed by atoms with Gasteiger partial charge in [0.15, 0.2) is 0 Å². The predicted octanol–water partition coefficient (Wildman–Crippen LogP) is 6.16. The highest BCUT2D eigenvalue weighted by Gasteiger charge is 2.16. The molecule has 0 saturated heterocycles. The molecule has 0 radical (unpaired) electrons. The van der Waals surface area contributed by atoms with Crippen LogP contribution in [-0.2, 0) is 6.42 Å². The normalized spacial score (nSPS) is 11.3. The lowest BCUT2D eigenvalue weighted by atomic mass is 9.83. The quantitative estimate of drug-likeness (QED) is 0.621. The van der Waals surface area contributed by atoms with Crippen LogP contribution in [0, 0.1) is 0 Å². The van der Waals surface area contributed by atoms with Gasteiger partial charge in [0.2, 0.25) is 0 Å². The van der Waals surface area contributed by atoms with Crippen LogP contribution in [0.5, 0.6) is 0 Å². The monoisotopic (exact) mass is 266 g/mol. The zero-order valence-electron chi connectivity index (χ0n) is 13.4. The highest BCUT2D eigenvalue weighted by Crippen LogP contribution is 2.37. The summed E-state index contributed by atoms with van der Waals surface area (Å²) in [6, 6.07) is 15.6. The first-order valence-electron chi connectivity index (χ1n) is 7.76. The molecule has 0 heteroatoms. The van der Waals surface area contributed by atoms with Crippen LogP contribution < -0.4 is 0 Å². The minimum absolute atomic E-state index is 0.550. The molecule has 0 fully saturated rings. The number of hydrogen-bond acceptors (Lipinski definition) is 0. The van der Waals surface area contributed by atoms with Crippen LogP contribution in [0.2, 0.25) is 0 Å². The Hall–Kier alpha value is -1.56. The van der Waals surface area contributed by atoms with E-state index in [1.165, 1.54) is 27.8 Å². The van der Waals surface area contributed by atoms with Crippen LogP contribution in [0.3, 0.4) is 0 Å². The molecule has 0 spiro atoms. The Kier molecular flexibility index (Phi) is 4.65. The third kappa shape index (κ3) is 2.95. The molecule has 0 aromatic heterocycles. The van der Waals surface area contributed by atoms with Crippen molar-refractivity contribution < 1.29 is 0 Å². The number of hydrogen-bond donors (Lipinski definition) is 0. The fourth-order valence-electron chi connectivity index (χ4n) is 2.81. The molecule has 0 amide bonds. The first-order valence-corrected chi connectivity index (χ1v) is 7.76. The fourth-order valence-corrected chi connectivity index (χ4v) is 2.81. The van der Waals surface area contributed by atoms with Crippen molar-refractivity contribution in [3.8, 4) is 11.1 Å². The van der Waals surface area contributed by atoms with E-state index in [0.29, 0.717) is 11.8 Å². The largest absolute Gasteiger partial charge is 0.0622 e. The molecule has 2 aromatic rings. The topological polar surface area (TPSA) is 0 Å². The summed E-state index contributed by atoms with van der Waals surface area (Å²) < 4.78 is 0. The van der Waals surface area contributed by atoms with E-state index >= 15 is 0 Å². The summed E-state index contributed by atoms with van der Waals surface area (Å²) >= 11 is 0. The second-order valence-corrected chi connectivity index (χ2v) is 6.18. The van der Waals surface area contributed by atoms with Gasteiger partial charge in [0.25, 0.3) is 0 Å². The lowest BCUT2D eigenvalue weighted by molar-refractivity contribution is 0.831. The van der Waals surface area contributed by atoms with Gasteiger partial charge in [-0.3, -0.25) is 0 Å². The summed E-state index contributed by atoms with van der Waals surface area (Å²) in [6.45, 7) is 11.4. The van der Waals surface area contributed by atoms with Gasteiger partial charge in [-0.05, 0) is 46.1 Å². The zero-order chi connectivity index (χ0) is 14.7. The highest BCUT2D eigenvalue weighted by molar-refractivity contribution is 5.73. The molecule has 0 aliphatic heterocycles. The molecular weight excluding hydrogens is 240 g/mol. The second kappa shape index (κ2) is 6.26. The average Bonchev–Trinajstić information content (AvgIpc) is 2.46. The highest BCUT2D eigenvalue weighted by atomic mass is 14.2. The van der Waals surface area contributed by atoms with Crippen LogP contribution in [0.1, 0.15) is 63.1 Å². The Morgan fingerprint density at radius 2 is 1.30 bits per heavy atom. The van der Waals surface area contributed by atoms with E-state index in [9.17, 15) is 0 Å². The van der Waals surface area contributed by atoms with E-state index < -0.39 is 0 Å². The maximum Gasteiger partial charge on any atom is -0.0114 e. The van der Waals surface area contributed by atoms with Gasteiger partial charge in [0, 0.05) is 0 Å².